The third-order valence-corrected chi connectivity index (χ3v) is 2.40. The number of hydrogen-bond acceptors (Lipinski definition) is 3. The first-order valence-corrected chi connectivity index (χ1v) is 4.22. The van der Waals surface area contributed by atoms with E-state index in [1.807, 2.05) is 0 Å². The summed E-state index contributed by atoms with van der Waals surface area (Å²) in [7, 11) is 0. The number of carbonyl (C=O) groups is 1. The van der Waals surface area contributed by atoms with Crippen molar-refractivity contribution in [3.8, 4) is 11.5 Å². The van der Waals surface area contributed by atoms with E-state index in [-0.39, 0.29) is 22.4 Å². The summed E-state index contributed by atoms with van der Waals surface area (Å²) in [6.45, 7) is 0. The molecule has 70 valence electrons. The van der Waals surface area contributed by atoms with Crippen LogP contribution in [0.2, 0.25) is 0 Å². The van der Waals surface area contributed by atoms with E-state index in [1.54, 1.807) is 0 Å². The molecule has 0 heterocycles. The lowest BCUT2D eigenvalue weighted by molar-refractivity contribution is -0.136. The number of aromatic hydroxyl groups is 2. The van der Waals surface area contributed by atoms with E-state index in [9.17, 15) is 9.90 Å². The van der Waals surface area contributed by atoms with E-state index in [0.717, 1.165) is 0 Å². The third-order valence-electron chi connectivity index (χ3n) is 1.52. The Bertz CT molecular complexity index is 348. The number of rotatable bonds is 2. The fraction of sp³-hybridized carbons (Fsp3) is 0.125. The van der Waals surface area contributed by atoms with Crippen LogP contribution in [0.3, 0.4) is 0 Å². The molecule has 0 atom stereocenters. The number of hydrogen-bond donors (Lipinski definition) is 3. The van der Waals surface area contributed by atoms with Crippen molar-refractivity contribution in [3.05, 3.63) is 22.2 Å². The normalized spacial score (nSPS) is 9.92. The molecule has 3 N–H and O–H groups in total. The largest absolute Gasteiger partial charge is 0.504 e. The van der Waals surface area contributed by atoms with Crippen LogP contribution in [0.25, 0.3) is 0 Å². The van der Waals surface area contributed by atoms with Gasteiger partial charge in [-0.25, -0.2) is 0 Å². The molecular formula is C8H7BrO4. The van der Waals surface area contributed by atoms with Crippen molar-refractivity contribution >= 4 is 21.9 Å². The first-order chi connectivity index (χ1) is 6.02. The summed E-state index contributed by atoms with van der Waals surface area (Å²) < 4.78 is 0.218. The van der Waals surface area contributed by atoms with Crippen molar-refractivity contribution in [1.82, 2.24) is 0 Å². The maximum absolute atomic E-state index is 10.4. The molecule has 0 unspecified atom stereocenters. The number of phenols is 2. The Morgan fingerprint density at radius 3 is 2.54 bits per heavy atom. The van der Waals surface area contributed by atoms with Crippen molar-refractivity contribution in [2.24, 2.45) is 0 Å². The SMILES string of the molecule is O=C(O)Cc1ccc(O)c(O)c1Br. The zero-order valence-corrected chi connectivity index (χ0v) is 8.08. The highest BCUT2D eigenvalue weighted by atomic mass is 79.9. The Hall–Kier alpha value is -1.23. The first kappa shape index (κ1) is 9.85. The van der Waals surface area contributed by atoms with Gasteiger partial charge in [0.05, 0.1) is 10.9 Å². The molecule has 0 spiro atoms. The summed E-state index contributed by atoms with van der Waals surface area (Å²) in [6, 6.07) is 2.69. The maximum Gasteiger partial charge on any atom is 0.307 e. The number of phenolic OH excluding ortho intramolecular Hbond substituents is 2. The van der Waals surface area contributed by atoms with Gasteiger partial charge in [0.1, 0.15) is 0 Å². The molecule has 0 amide bonds. The number of benzene rings is 1. The van der Waals surface area contributed by atoms with Crippen LogP contribution in [0.15, 0.2) is 16.6 Å². The maximum atomic E-state index is 10.4. The Morgan fingerprint density at radius 2 is 2.00 bits per heavy atom. The van der Waals surface area contributed by atoms with Gasteiger partial charge in [-0.3, -0.25) is 4.79 Å². The fourth-order valence-corrected chi connectivity index (χ4v) is 1.37. The van der Waals surface area contributed by atoms with Crippen molar-refractivity contribution in [2.75, 3.05) is 0 Å². The molecule has 0 aliphatic rings. The average Bonchev–Trinajstić information content (AvgIpc) is 2.06. The van der Waals surface area contributed by atoms with Gasteiger partial charge in [0.2, 0.25) is 0 Å². The van der Waals surface area contributed by atoms with Crippen LogP contribution in [0.4, 0.5) is 0 Å². The number of carboxylic acids is 1. The van der Waals surface area contributed by atoms with E-state index in [2.05, 4.69) is 15.9 Å². The molecule has 1 rings (SSSR count). The van der Waals surface area contributed by atoms with Crippen LogP contribution in [0.1, 0.15) is 5.56 Å². The van der Waals surface area contributed by atoms with Crippen LogP contribution >= 0.6 is 15.9 Å². The topological polar surface area (TPSA) is 77.8 Å². The van der Waals surface area contributed by atoms with Crippen molar-refractivity contribution in [1.29, 1.82) is 0 Å². The Morgan fingerprint density at radius 1 is 1.38 bits per heavy atom. The second-order valence-electron chi connectivity index (χ2n) is 2.48. The summed E-state index contributed by atoms with van der Waals surface area (Å²) >= 11 is 2.99. The van der Waals surface area contributed by atoms with Gasteiger partial charge in [0.15, 0.2) is 11.5 Å². The summed E-state index contributed by atoms with van der Waals surface area (Å²) in [5, 5.41) is 26.7. The number of halogens is 1. The Labute approximate surface area is 82.6 Å². The smallest absolute Gasteiger partial charge is 0.307 e. The minimum absolute atomic E-state index is 0.200. The minimum Gasteiger partial charge on any atom is -0.504 e. The van der Waals surface area contributed by atoms with Crippen LogP contribution in [-0.2, 0) is 11.2 Å². The highest BCUT2D eigenvalue weighted by Crippen LogP contribution is 2.35. The van der Waals surface area contributed by atoms with Gasteiger partial charge in [0.25, 0.3) is 0 Å². The summed E-state index contributed by atoms with van der Waals surface area (Å²) in [5.41, 5.74) is 0.419. The van der Waals surface area contributed by atoms with E-state index in [1.165, 1.54) is 12.1 Å². The van der Waals surface area contributed by atoms with Gasteiger partial charge in [-0.2, -0.15) is 0 Å². The second-order valence-corrected chi connectivity index (χ2v) is 3.27. The monoisotopic (exact) mass is 246 g/mol. The molecule has 0 saturated heterocycles. The molecule has 4 nitrogen and oxygen atoms in total. The second kappa shape index (κ2) is 3.66. The molecular weight excluding hydrogens is 240 g/mol. The lowest BCUT2D eigenvalue weighted by atomic mass is 10.1. The van der Waals surface area contributed by atoms with Crippen LogP contribution in [-0.4, -0.2) is 21.3 Å². The molecule has 0 aromatic heterocycles. The van der Waals surface area contributed by atoms with Crippen molar-refractivity contribution in [3.63, 3.8) is 0 Å². The van der Waals surface area contributed by atoms with E-state index >= 15 is 0 Å². The average molecular weight is 247 g/mol. The fourth-order valence-electron chi connectivity index (χ4n) is 0.896. The van der Waals surface area contributed by atoms with Crippen molar-refractivity contribution < 1.29 is 20.1 Å². The summed E-state index contributed by atoms with van der Waals surface area (Å²) in [6.07, 6.45) is -0.200. The van der Waals surface area contributed by atoms with E-state index in [4.69, 9.17) is 10.2 Å². The van der Waals surface area contributed by atoms with Crippen LogP contribution in [0, 0.1) is 0 Å². The van der Waals surface area contributed by atoms with Crippen LogP contribution < -0.4 is 0 Å². The third kappa shape index (κ3) is 2.12. The summed E-state index contributed by atoms with van der Waals surface area (Å²) in [4.78, 5) is 10.4. The molecule has 0 aliphatic carbocycles. The molecule has 0 radical (unpaired) electrons. The van der Waals surface area contributed by atoms with Crippen LogP contribution in [0.5, 0.6) is 11.5 Å². The Balaban J connectivity index is 3.10. The van der Waals surface area contributed by atoms with Gasteiger partial charge >= 0.3 is 5.97 Å². The molecule has 0 bridgehead atoms. The minimum atomic E-state index is -0.995. The van der Waals surface area contributed by atoms with Gasteiger partial charge in [-0.15, -0.1) is 0 Å². The van der Waals surface area contributed by atoms with Crippen molar-refractivity contribution in [2.45, 2.75) is 6.42 Å². The standard InChI is InChI=1S/C8H7BrO4/c9-7-4(3-6(11)12)1-2-5(10)8(7)13/h1-2,10,13H,3H2,(H,11,12). The lowest BCUT2D eigenvalue weighted by Crippen LogP contribution is -2.00. The predicted molar refractivity (Wildman–Crippen MR) is 48.8 cm³/mol. The first-order valence-electron chi connectivity index (χ1n) is 3.43. The molecule has 0 aliphatic heterocycles. The molecule has 1 aromatic rings. The quantitative estimate of drug-likeness (QED) is 0.692. The van der Waals surface area contributed by atoms with Gasteiger partial charge < -0.3 is 15.3 Å². The van der Waals surface area contributed by atoms with Gasteiger partial charge in [-0.05, 0) is 27.6 Å². The number of aliphatic carboxylic acids is 1. The molecule has 0 saturated carbocycles. The molecule has 5 heteroatoms. The van der Waals surface area contributed by atoms with Gasteiger partial charge in [-0.1, -0.05) is 6.07 Å². The zero-order valence-electron chi connectivity index (χ0n) is 6.49. The van der Waals surface area contributed by atoms with E-state index < -0.39 is 5.97 Å². The van der Waals surface area contributed by atoms with Gasteiger partial charge in [0, 0.05) is 0 Å². The zero-order chi connectivity index (χ0) is 10.0. The molecule has 13 heavy (non-hydrogen) atoms. The number of carboxylic acid groups (broad SMARTS) is 1. The highest BCUT2D eigenvalue weighted by Gasteiger charge is 2.11. The highest BCUT2D eigenvalue weighted by molar-refractivity contribution is 9.10. The predicted octanol–water partition coefficient (Wildman–Crippen LogP) is 1.49. The Kier molecular flexibility index (Phi) is 2.77. The van der Waals surface area contributed by atoms with E-state index in [0.29, 0.717) is 5.56 Å². The molecule has 0 fully saturated rings. The lowest BCUT2D eigenvalue weighted by Gasteiger charge is -2.04. The molecule has 1 aromatic carbocycles. The summed E-state index contributed by atoms with van der Waals surface area (Å²) in [5.74, 6) is -1.61.